The number of hydrogen-bond donors (Lipinski definition) is 2. The molecule has 0 bridgehead atoms. The number of sulfonamides is 1. The van der Waals surface area contributed by atoms with Crippen molar-refractivity contribution in [3.05, 3.63) is 35.4 Å². The third-order valence-electron chi connectivity index (χ3n) is 3.93. The summed E-state index contributed by atoms with van der Waals surface area (Å²) >= 11 is 0. The van der Waals surface area contributed by atoms with Gasteiger partial charge in [-0.3, -0.25) is 4.90 Å². The van der Waals surface area contributed by atoms with Crippen molar-refractivity contribution in [2.24, 2.45) is 0 Å². The Kier molecular flexibility index (Phi) is 8.01. The summed E-state index contributed by atoms with van der Waals surface area (Å²) in [5, 5.41) is 14.8. The maximum absolute atomic E-state index is 11.8. The van der Waals surface area contributed by atoms with E-state index in [0.29, 0.717) is 13.1 Å². The average Bonchev–Trinajstić information content (AvgIpc) is 2.58. The third kappa shape index (κ3) is 6.81. The van der Waals surface area contributed by atoms with Crippen LogP contribution in [0.15, 0.2) is 24.3 Å². The number of piperazine rings is 1. The van der Waals surface area contributed by atoms with Gasteiger partial charge in [-0.25, -0.2) is 18.0 Å². The van der Waals surface area contributed by atoms with Crippen LogP contribution in [0.5, 0.6) is 0 Å². The molecule has 1 saturated heterocycles. The van der Waals surface area contributed by atoms with Crippen LogP contribution in [-0.4, -0.2) is 71.7 Å². The second-order valence-electron chi connectivity index (χ2n) is 5.61. The Balaban J connectivity index is 0.000000450. The molecule has 1 aliphatic heterocycles. The summed E-state index contributed by atoms with van der Waals surface area (Å²) in [7, 11) is -3.02. The molecule has 0 aromatic heterocycles. The first-order valence-electron chi connectivity index (χ1n) is 7.88. The normalized spacial score (nSPS) is 15.9. The van der Waals surface area contributed by atoms with Gasteiger partial charge in [-0.05, 0) is 25.0 Å². The van der Waals surface area contributed by atoms with Gasteiger partial charge >= 0.3 is 11.9 Å². The molecule has 0 unspecified atom stereocenters. The molecule has 2 N–H and O–H groups in total. The van der Waals surface area contributed by atoms with Crippen LogP contribution in [-0.2, 0) is 26.2 Å². The zero-order chi connectivity index (χ0) is 19.0. The zero-order valence-corrected chi connectivity index (χ0v) is 15.2. The van der Waals surface area contributed by atoms with Gasteiger partial charge in [0.1, 0.15) is 0 Å². The second-order valence-corrected chi connectivity index (χ2v) is 7.87. The third-order valence-corrected chi connectivity index (χ3v) is 5.81. The molecule has 2 rings (SSSR count). The van der Waals surface area contributed by atoms with Gasteiger partial charge < -0.3 is 10.2 Å². The number of hydrogen-bond acceptors (Lipinski definition) is 5. The number of aryl methyl sites for hydroxylation is 1. The zero-order valence-electron chi connectivity index (χ0n) is 14.4. The van der Waals surface area contributed by atoms with Crippen LogP contribution < -0.4 is 0 Å². The molecule has 0 aliphatic carbocycles. The van der Waals surface area contributed by atoms with E-state index >= 15 is 0 Å². The van der Waals surface area contributed by atoms with Crippen molar-refractivity contribution in [1.29, 1.82) is 0 Å². The summed E-state index contributed by atoms with van der Waals surface area (Å²) in [4.78, 5) is 20.5. The first kappa shape index (κ1) is 21.1. The Morgan fingerprint density at radius 2 is 1.56 bits per heavy atom. The number of nitrogens with zero attached hydrogens (tertiary/aromatic N) is 2. The monoisotopic (exact) mass is 372 g/mol. The molecular formula is C16H24N2O6S. The highest BCUT2D eigenvalue weighted by Gasteiger charge is 2.25. The Morgan fingerprint density at radius 1 is 1.04 bits per heavy atom. The minimum absolute atomic E-state index is 0.199. The minimum Gasteiger partial charge on any atom is -0.473 e. The quantitative estimate of drug-likeness (QED) is 0.744. The topological polar surface area (TPSA) is 115 Å². The molecule has 25 heavy (non-hydrogen) atoms. The lowest BCUT2D eigenvalue weighted by Crippen LogP contribution is -2.48. The number of carbonyl (C=O) groups is 2. The van der Waals surface area contributed by atoms with Crippen LogP contribution in [0.25, 0.3) is 0 Å². The van der Waals surface area contributed by atoms with E-state index in [4.69, 9.17) is 19.8 Å². The van der Waals surface area contributed by atoms with E-state index in [-0.39, 0.29) is 5.75 Å². The smallest absolute Gasteiger partial charge is 0.414 e. The fourth-order valence-electron chi connectivity index (χ4n) is 2.38. The molecule has 8 nitrogen and oxygen atoms in total. The highest BCUT2D eigenvalue weighted by atomic mass is 32.2. The predicted octanol–water partition coefficient (Wildman–Crippen LogP) is 0.618. The summed E-state index contributed by atoms with van der Waals surface area (Å²) in [6.45, 7) is 7.58. The van der Waals surface area contributed by atoms with Gasteiger partial charge in [0.05, 0.1) is 5.75 Å². The fourth-order valence-corrected chi connectivity index (χ4v) is 3.46. The van der Waals surface area contributed by atoms with Crippen LogP contribution in [0.1, 0.15) is 18.1 Å². The number of aliphatic carboxylic acids is 2. The van der Waals surface area contributed by atoms with Crippen molar-refractivity contribution in [2.75, 3.05) is 31.9 Å². The van der Waals surface area contributed by atoms with Crippen LogP contribution in [0.3, 0.4) is 0 Å². The van der Waals surface area contributed by atoms with Crippen LogP contribution in [0, 0.1) is 6.92 Å². The maximum atomic E-state index is 11.8. The van der Waals surface area contributed by atoms with Gasteiger partial charge in [-0.15, -0.1) is 0 Å². The average molecular weight is 372 g/mol. The molecule has 0 radical (unpaired) electrons. The van der Waals surface area contributed by atoms with Crippen LogP contribution >= 0.6 is 0 Å². The molecule has 9 heteroatoms. The highest BCUT2D eigenvalue weighted by Crippen LogP contribution is 2.14. The molecular weight excluding hydrogens is 348 g/mol. The van der Waals surface area contributed by atoms with E-state index in [9.17, 15) is 8.42 Å². The van der Waals surface area contributed by atoms with Crippen molar-refractivity contribution in [3.8, 4) is 0 Å². The van der Waals surface area contributed by atoms with Crippen molar-refractivity contribution in [2.45, 2.75) is 20.4 Å². The van der Waals surface area contributed by atoms with Gasteiger partial charge in [-0.1, -0.05) is 24.3 Å². The second kappa shape index (κ2) is 9.50. The van der Waals surface area contributed by atoms with Crippen LogP contribution in [0.2, 0.25) is 0 Å². The molecule has 0 spiro atoms. The van der Waals surface area contributed by atoms with E-state index in [1.54, 1.807) is 11.2 Å². The largest absolute Gasteiger partial charge is 0.473 e. The molecule has 1 fully saturated rings. The predicted molar refractivity (Wildman–Crippen MR) is 92.8 cm³/mol. The SMILES string of the molecule is CCS(=O)(=O)N1CCN(Cc2ccccc2C)CC1.O=C(O)C(=O)O. The molecule has 1 aromatic carbocycles. The van der Waals surface area contributed by atoms with Crippen LogP contribution in [0.4, 0.5) is 0 Å². The molecule has 0 saturated carbocycles. The summed E-state index contributed by atoms with van der Waals surface area (Å²) in [6, 6.07) is 8.36. The number of carboxylic acids is 2. The summed E-state index contributed by atoms with van der Waals surface area (Å²) in [5.74, 6) is -3.45. The fraction of sp³-hybridized carbons (Fsp3) is 0.500. The Morgan fingerprint density at radius 3 is 2.00 bits per heavy atom. The standard InChI is InChI=1S/C14H22N2O2S.C2H2O4/c1-3-19(17,18)16-10-8-15(9-11-16)12-14-7-5-4-6-13(14)2;3-1(4)2(5)6/h4-7H,3,8-12H2,1-2H3;(H,3,4)(H,5,6). The summed E-state index contributed by atoms with van der Waals surface area (Å²) < 4.78 is 25.2. The lowest BCUT2D eigenvalue weighted by molar-refractivity contribution is -0.159. The van der Waals surface area contributed by atoms with E-state index in [2.05, 4.69) is 30.0 Å². The maximum Gasteiger partial charge on any atom is 0.414 e. The molecule has 0 amide bonds. The van der Waals surface area contributed by atoms with Gasteiger partial charge in [0.2, 0.25) is 10.0 Å². The summed E-state index contributed by atoms with van der Waals surface area (Å²) in [6.07, 6.45) is 0. The lowest BCUT2D eigenvalue weighted by Gasteiger charge is -2.34. The molecule has 140 valence electrons. The van der Waals surface area contributed by atoms with E-state index < -0.39 is 22.0 Å². The van der Waals surface area contributed by atoms with Gasteiger partial charge in [0.25, 0.3) is 0 Å². The van der Waals surface area contributed by atoms with Crippen molar-refractivity contribution < 1.29 is 28.2 Å². The highest BCUT2D eigenvalue weighted by molar-refractivity contribution is 7.89. The van der Waals surface area contributed by atoms with Crippen molar-refractivity contribution >= 4 is 22.0 Å². The number of benzene rings is 1. The first-order valence-corrected chi connectivity index (χ1v) is 9.49. The molecule has 1 heterocycles. The van der Waals surface area contributed by atoms with Gasteiger partial charge in [0, 0.05) is 32.7 Å². The Labute approximate surface area is 147 Å². The van der Waals surface area contributed by atoms with Crippen molar-refractivity contribution in [1.82, 2.24) is 9.21 Å². The Bertz CT molecular complexity index is 684. The van der Waals surface area contributed by atoms with E-state index in [0.717, 1.165) is 19.6 Å². The first-order chi connectivity index (χ1) is 11.7. The molecule has 1 aliphatic rings. The molecule has 1 aromatic rings. The van der Waals surface area contributed by atoms with Gasteiger partial charge in [-0.2, -0.15) is 4.31 Å². The lowest BCUT2D eigenvalue weighted by atomic mass is 10.1. The van der Waals surface area contributed by atoms with Crippen molar-refractivity contribution in [3.63, 3.8) is 0 Å². The Hall–Kier alpha value is -1.97. The number of rotatable bonds is 4. The number of carboxylic acid groups (broad SMARTS) is 2. The van der Waals surface area contributed by atoms with Gasteiger partial charge in [0.15, 0.2) is 0 Å². The van der Waals surface area contributed by atoms with E-state index in [1.165, 1.54) is 11.1 Å². The van der Waals surface area contributed by atoms with E-state index in [1.807, 2.05) is 6.07 Å². The molecule has 0 atom stereocenters. The minimum atomic E-state index is -3.02. The summed E-state index contributed by atoms with van der Waals surface area (Å²) in [5.41, 5.74) is 2.63.